The molecule has 4 rings (SSSR count). The van der Waals surface area contributed by atoms with Gasteiger partial charge in [-0.25, -0.2) is 4.98 Å². The van der Waals surface area contributed by atoms with Gasteiger partial charge in [0.2, 0.25) is 0 Å². The van der Waals surface area contributed by atoms with Gasteiger partial charge < -0.3 is 19.4 Å². The molecule has 0 saturated carbocycles. The zero-order chi connectivity index (χ0) is 28.5. The van der Waals surface area contributed by atoms with Crippen LogP contribution in [0.25, 0.3) is 0 Å². The van der Waals surface area contributed by atoms with Crippen LogP contribution in [0.3, 0.4) is 0 Å². The SMILES string of the molecule is CCCC1CN(C(C=O)c2cc(C(C)(C)C)c(O)c(C(C)(C)C)c2)C(=N)C1c1cncn1Cc1ccccc1. The minimum atomic E-state index is -0.602. The fourth-order valence-corrected chi connectivity index (χ4v) is 5.94. The van der Waals surface area contributed by atoms with Crippen LogP contribution in [0.4, 0.5) is 0 Å². The molecule has 1 aliphatic rings. The van der Waals surface area contributed by atoms with Gasteiger partial charge in [0.15, 0.2) is 0 Å². The second-order valence-electron chi connectivity index (χ2n) is 13.0. The molecule has 2 heterocycles. The molecular formula is C33H44N4O2. The lowest BCUT2D eigenvalue weighted by Crippen LogP contribution is -2.33. The summed E-state index contributed by atoms with van der Waals surface area (Å²) in [5.41, 5.74) is 4.08. The van der Waals surface area contributed by atoms with Crippen molar-refractivity contribution in [2.24, 2.45) is 5.92 Å². The molecule has 6 heteroatoms. The predicted octanol–water partition coefficient (Wildman–Crippen LogP) is 6.96. The molecule has 0 aliphatic carbocycles. The van der Waals surface area contributed by atoms with Crippen LogP contribution in [0, 0.1) is 11.3 Å². The second kappa shape index (κ2) is 11.0. The summed E-state index contributed by atoms with van der Waals surface area (Å²) in [5, 5.41) is 20.6. The molecule has 2 N–H and O–H groups in total. The summed E-state index contributed by atoms with van der Waals surface area (Å²) in [6.45, 7) is 16.0. The number of rotatable bonds is 8. The summed E-state index contributed by atoms with van der Waals surface area (Å²) in [5.74, 6) is 0.826. The van der Waals surface area contributed by atoms with Gasteiger partial charge in [-0.05, 0) is 57.6 Å². The lowest BCUT2D eigenvalue weighted by atomic mass is 9.77. The van der Waals surface area contributed by atoms with Crippen LogP contribution >= 0.6 is 0 Å². The first-order chi connectivity index (χ1) is 18.4. The lowest BCUT2D eigenvalue weighted by molar-refractivity contribution is -0.111. The van der Waals surface area contributed by atoms with Gasteiger partial charge in [0, 0.05) is 25.0 Å². The highest BCUT2D eigenvalue weighted by Gasteiger charge is 2.43. The number of benzene rings is 2. The van der Waals surface area contributed by atoms with E-state index in [1.165, 1.54) is 5.56 Å². The monoisotopic (exact) mass is 528 g/mol. The third-order valence-electron chi connectivity index (χ3n) is 7.98. The molecule has 0 spiro atoms. The summed E-state index contributed by atoms with van der Waals surface area (Å²) in [7, 11) is 0. The standard InChI is InChI=1S/C33H44N4O2/c1-8-12-23-19-37(31(34)29(23)27-17-35-21-36(27)18-22-13-10-9-11-14-22)28(20-38)24-15-25(32(2,3)4)30(39)26(16-24)33(5,6)7/h9-11,13-17,20-21,23,28-29,34,39H,8,12,18-19H2,1-7H3. The molecule has 1 aliphatic heterocycles. The Bertz CT molecular complexity index is 1280. The molecule has 6 nitrogen and oxygen atoms in total. The van der Waals surface area contributed by atoms with E-state index in [0.29, 0.717) is 24.7 Å². The number of likely N-dealkylation sites (tertiary alicyclic amines) is 1. The maximum Gasteiger partial charge on any atom is 0.147 e. The number of aromatic hydroxyl groups is 1. The largest absolute Gasteiger partial charge is 0.507 e. The number of aldehydes is 1. The maximum absolute atomic E-state index is 12.8. The van der Waals surface area contributed by atoms with Crippen molar-refractivity contribution in [2.45, 2.75) is 90.6 Å². The van der Waals surface area contributed by atoms with Gasteiger partial charge in [-0.3, -0.25) is 5.41 Å². The van der Waals surface area contributed by atoms with E-state index in [0.717, 1.165) is 41.5 Å². The molecule has 2 aromatic carbocycles. The van der Waals surface area contributed by atoms with Gasteiger partial charge in [0.1, 0.15) is 23.9 Å². The predicted molar refractivity (Wildman–Crippen MR) is 158 cm³/mol. The summed E-state index contributed by atoms with van der Waals surface area (Å²) >= 11 is 0. The highest BCUT2D eigenvalue weighted by molar-refractivity contribution is 5.91. The molecule has 3 aromatic rings. The van der Waals surface area contributed by atoms with Crippen LogP contribution in [-0.4, -0.2) is 38.2 Å². The average Bonchev–Trinajstić information content (AvgIpc) is 3.43. The van der Waals surface area contributed by atoms with Crippen LogP contribution in [0.5, 0.6) is 5.75 Å². The maximum atomic E-state index is 12.8. The first-order valence-corrected chi connectivity index (χ1v) is 14.1. The number of amidine groups is 1. The Kier molecular flexibility index (Phi) is 8.06. The first-order valence-electron chi connectivity index (χ1n) is 14.1. The normalized spacial score (nSPS) is 18.9. The van der Waals surface area contributed by atoms with E-state index in [2.05, 4.69) is 70.1 Å². The molecule has 0 amide bonds. The fourth-order valence-electron chi connectivity index (χ4n) is 5.94. The van der Waals surface area contributed by atoms with Crippen molar-refractivity contribution in [3.63, 3.8) is 0 Å². The number of aromatic nitrogens is 2. The molecule has 0 bridgehead atoms. The summed E-state index contributed by atoms with van der Waals surface area (Å²) in [4.78, 5) is 19.2. The van der Waals surface area contributed by atoms with Gasteiger partial charge in [0.05, 0.1) is 12.2 Å². The van der Waals surface area contributed by atoms with Gasteiger partial charge in [-0.1, -0.05) is 85.2 Å². The average molecular weight is 529 g/mol. The van der Waals surface area contributed by atoms with Crippen molar-refractivity contribution >= 4 is 12.1 Å². The van der Waals surface area contributed by atoms with Crippen LogP contribution in [0.15, 0.2) is 55.0 Å². The van der Waals surface area contributed by atoms with E-state index >= 15 is 0 Å². The number of hydrogen-bond donors (Lipinski definition) is 2. The van der Waals surface area contributed by atoms with Crippen LogP contribution in [-0.2, 0) is 22.2 Å². The molecule has 1 saturated heterocycles. The number of carbonyl (C=O) groups excluding carboxylic acids is 1. The van der Waals surface area contributed by atoms with E-state index in [9.17, 15) is 15.3 Å². The topological polar surface area (TPSA) is 82.2 Å². The van der Waals surface area contributed by atoms with Crippen molar-refractivity contribution in [1.82, 2.24) is 14.5 Å². The van der Waals surface area contributed by atoms with Crippen molar-refractivity contribution in [3.05, 3.63) is 82.9 Å². The van der Waals surface area contributed by atoms with E-state index in [1.54, 1.807) is 0 Å². The molecule has 3 atom stereocenters. The second-order valence-corrected chi connectivity index (χ2v) is 13.0. The van der Waals surface area contributed by atoms with Gasteiger partial charge >= 0.3 is 0 Å². The molecule has 39 heavy (non-hydrogen) atoms. The number of nitrogens with zero attached hydrogens (tertiary/aromatic N) is 3. The third kappa shape index (κ3) is 5.80. The molecule has 1 fully saturated rings. The number of carbonyl (C=O) groups is 1. The lowest BCUT2D eigenvalue weighted by Gasteiger charge is -2.32. The molecule has 1 aromatic heterocycles. The Morgan fingerprint density at radius 1 is 1.08 bits per heavy atom. The van der Waals surface area contributed by atoms with Crippen molar-refractivity contribution in [2.75, 3.05) is 6.54 Å². The first kappa shape index (κ1) is 28.6. The molecule has 3 unspecified atom stereocenters. The number of phenolic OH excluding ortho intramolecular Hbond substituents is 1. The Balaban J connectivity index is 1.75. The zero-order valence-electron chi connectivity index (χ0n) is 24.5. The van der Waals surface area contributed by atoms with Crippen LogP contribution in [0.1, 0.15) is 101 Å². The molecule has 208 valence electrons. The molecular weight excluding hydrogens is 484 g/mol. The quantitative estimate of drug-likeness (QED) is 0.310. The summed E-state index contributed by atoms with van der Waals surface area (Å²) in [6, 6.07) is 13.6. The highest BCUT2D eigenvalue weighted by Crippen LogP contribution is 2.44. The van der Waals surface area contributed by atoms with E-state index in [-0.39, 0.29) is 22.7 Å². The zero-order valence-corrected chi connectivity index (χ0v) is 24.5. The highest BCUT2D eigenvalue weighted by atomic mass is 16.3. The summed E-state index contributed by atoms with van der Waals surface area (Å²) in [6.07, 6.45) is 6.67. The Hall–Kier alpha value is -3.41. The van der Waals surface area contributed by atoms with E-state index in [1.807, 2.05) is 47.8 Å². The van der Waals surface area contributed by atoms with E-state index in [4.69, 9.17) is 0 Å². The van der Waals surface area contributed by atoms with Crippen LogP contribution < -0.4 is 0 Å². The van der Waals surface area contributed by atoms with Crippen molar-refractivity contribution < 1.29 is 9.90 Å². The minimum absolute atomic E-state index is 0.139. The van der Waals surface area contributed by atoms with Crippen molar-refractivity contribution in [1.29, 1.82) is 5.41 Å². The van der Waals surface area contributed by atoms with Crippen LogP contribution in [0.2, 0.25) is 0 Å². The molecule has 0 radical (unpaired) electrons. The number of imidazole rings is 1. The number of hydrogen-bond acceptors (Lipinski definition) is 4. The van der Waals surface area contributed by atoms with Crippen molar-refractivity contribution in [3.8, 4) is 5.75 Å². The fraction of sp³-hybridized carbons (Fsp3) is 0.485. The minimum Gasteiger partial charge on any atom is -0.507 e. The third-order valence-corrected chi connectivity index (χ3v) is 7.98. The Morgan fingerprint density at radius 2 is 1.69 bits per heavy atom. The summed E-state index contributed by atoms with van der Waals surface area (Å²) < 4.78 is 2.15. The smallest absolute Gasteiger partial charge is 0.147 e. The van der Waals surface area contributed by atoms with Gasteiger partial charge in [0.25, 0.3) is 0 Å². The van der Waals surface area contributed by atoms with Gasteiger partial charge in [-0.2, -0.15) is 0 Å². The van der Waals surface area contributed by atoms with E-state index < -0.39 is 6.04 Å². The number of nitrogens with one attached hydrogen (secondary N) is 1. The Labute approximate surface area is 233 Å². The van der Waals surface area contributed by atoms with Gasteiger partial charge in [-0.15, -0.1) is 0 Å². The number of phenols is 1. The Morgan fingerprint density at radius 3 is 2.23 bits per heavy atom.